The lowest BCUT2D eigenvalue weighted by molar-refractivity contribution is 0.0383. The van der Waals surface area contributed by atoms with Crippen LogP contribution in [-0.2, 0) is 4.74 Å². The molecule has 0 saturated carbocycles. The van der Waals surface area contributed by atoms with Gasteiger partial charge in [0, 0.05) is 32.4 Å². The number of pyridine rings is 1. The van der Waals surface area contributed by atoms with E-state index in [1.54, 1.807) is 36.5 Å². The summed E-state index contributed by atoms with van der Waals surface area (Å²) in [5.74, 6) is -0.302. The minimum Gasteiger partial charge on any atom is -0.379 e. The molecule has 0 bridgehead atoms. The Morgan fingerprint density at radius 3 is 2.80 bits per heavy atom. The lowest BCUT2D eigenvalue weighted by Gasteiger charge is -2.26. The molecule has 6 nitrogen and oxygen atoms in total. The zero-order chi connectivity index (χ0) is 17.5. The number of benzene rings is 1. The summed E-state index contributed by atoms with van der Waals surface area (Å²) in [7, 11) is 0. The van der Waals surface area contributed by atoms with Gasteiger partial charge in [0.05, 0.1) is 24.5 Å². The molecule has 1 aliphatic rings. The smallest absolute Gasteiger partial charge is 0.255 e. The summed E-state index contributed by atoms with van der Waals surface area (Å²) in [5.41, 5.74) is 0.663. The number of nitrogens with zero attached hydrogens (tertiary/aromatic N) is 2. The van der Waals surface area contributed by atoms with E-state index in [0.29, 0.717) is 17.9 Å². The molecular weight excluding hydrogens is 323 g/mol. The molecule has 1 aromatic carbocycles. The lowest BCUT2D eigenvalue weighted by atomic mass is 10.2. The van der Waals surface area contributed by atoms with Crippen molar-refractivity contribution < 1.29 is 13.9 Å². The highest BCUT2D eigenvalue weighted by molar-refractivity contribution is 5.99. The minimum atomic E-state index is -0.396. The highest BCUT2D eigenvalue weighted by atomic mass is 19.1. The summed E-state index contributed by atoms with van der Waals surface area (Å²) in [6.45, 7) is 4.52. The van der Waals surface area contributed by atoms with Crippen LogP contribution in [0.15, 0.2) is 42.6 Å². The molecule has 0 unspecified atom stereocenters. The fraction of sp³-hybridized carbons (Fsp3) is 0.333. The molecule has 1 saturated heterocycles. The number of halogens is 1. The summed E-state index contributed by atoms with van der Waals surface area (Å²) < 4.78 is 19.1. The number of rotatable bonds is 6. The minimum absolute atomic E-state index is 0.236. The molecule has 1 fully saturated rings. The number of anilines is 2. The number of hydrogen-bond acceptors (Lipinski definition) is 5. The summed E-state index contributed by atoms with van der Waals surface area (Å²) in [5, 5.41) is 5.78. The van der Waals surface area contributed by atoms with Crippen LogP contribution in [0.2, 0.25) is 0 Å². The molecule has 0 radical (unpaired) electrons. The van der Waals surface area contributed by atoms with Gasteiger partial charge in [0.25, 0.3) is 5.91 Å². The Hall–Kier alpha value is -2.51. The SMILES string of the molecule is O=C(NCCN1CCOCC1)c1cccnc1Nc1ccccc1F. The molecule has 1 aromatic heterocycles. The first-order valence-corrected chi connectivity index (χ1v) is 8.29. The number of nitrogens with one attached hydrogen (secondary N) is 2. The second kappa shape index (κ2) is 8.55. The molecule has 2 N–H and O–H groups in total. The van der Waals surface area contributed by atoms with Crippen LogP contribution >= 0.6 is 0 Å². The van der Waals surface area contributed by atoms with Gasteiger partial charge >= 0.3 is 0 Å². The van der Waals surface area contributed by atoms with Crippen LogP contribution in [0.5, 0.6) is 0 Å². The highest BCUT2D eigenvalue weighted by Crippen LogP contribution is 2.20. The van der Waals surface area contributed by atoms with Gasteiger partial charge in [-0.25, -0.2) is 9.37 Å². The van der Waals surface area contributed by atoms with E-state index in [0.717, 1.165) is 32.8 Å². The van der Waals surface area contributed by atoms with Crippen molar-refractivity contribution in [2.75, 3.05) is 44.7 Å². The molecule has 1 aliphatic heterocycles. The first-order chi connectivity index (χ1) is 12.2. The zero-order valence-electron chi connectivity index (χ0n) is 13.9. The summed E-state index contributed by atoms with van der Waals surface area (Å²) >= 11 is 0. The molecule has 1 amide bonds. The summed E-state index contributed by atoms with van der Waals surface area (Å²) in [4.78, 5) is 18.9. The number of ether oxygens (including phenoxy) is 1. The average molecular weight is 344 g/mol. The Morgan fingerprint density at radius 2 is 2.00 bits per heavy atom. The van der Waals surface area contributed by atoms with E-state index >= 15 is 0 Å². The second-order valence-corrected chi connectivity index (χ2v) is 5.71. The summed E-state index contributed by atoms with van der Waals surface area (Å²) in [6.07, 6.45) is 1.56. The van der Waals surface area contributed by atoms with Gasteiger partial charge < -0.3 is 15.4 Å². The van der Waals surface area contributed by atoms with Crippen LogP contribution in [0.3, 0.4) is 0 Å². The molecule has 0 spiro atoms. The van der Waals surface area contributed by atoms with Crippen LogP contribution in [0, 0.1) is 5.82 Å². The van der Waals surface area contributed by atoms with Crippen molar-refractivity contribution in [2.24, 2.45) is 0 Å². The van der Waals surface area contributed by atoms with E-state index < -0.39 is 5.82 Å². The van der Waals surface area contributed by atoms with Crippen LogP contribution in [0.25, 0.3) is 0 Å². The monoisotopic (exact) mass is 344 g/mol. The fourth-order valence-electron chi connectivity index (χ4n) is 2.63. The van der Waals surface area contributed by atoms with Crippen molar-refractivity contribution in [3.8, 4) is 0 Å². The molecule has 132 valence electrons. The Labute approximate surface area is 146 Å². The standard InChI is InChI=1S/C18H21FN4O2/c19-15-5-1-2-6-16(15)22-17-14(4-3-7-20-17)18(24)21-8-9-23-10-12-25-13-11-23/h1-7H,8-13H2,(H,20,22)(H,21,24). The van der Waals surface area contributed by atoms with Crippen molar-refractivity contribution >= 4 is 17.4 Å². The van der Waals surface area contributed by atoms with E-state index in [1.807, 2.05) is 0 Å². The Morgan fingerprint density at radius 1 is 1.20 bits per heavy atom. The average Bonchev–Trinajstić information content (AvgIpc) is 2.65. The molecule has 2 heterocycles. The number of amides is 1. The Kier molecular flexibility index (Phi) is 5.92. The first-order valence-electron chi connectivity index (χ1n) is 8.29. The van der Waals surface area contributed by atoms with E-state index in [4.69, 9.17) is 4.74 Å². The molecule has 2 aromatic rings. The predicted octanol–water partition coefficient (Wildman–Crippen LogP) is 2.03. The third-order valence-corrected chi connectivity index (χ3v) is 4.00. The van der Waals surface area contributed by atoms with Crippen molar-refractivity contribution in [3.63, 3.8) is 0 Å². The lowest BCUT2D eigenvalue weighted by Crippen LogP contribution is -2.41. The van der Waals surface area contributed by atoms with Gasteiger partial charge in [0.1, 0.15) is 11.6 Å². The van der Waals surface area contributed by atoms with E-state index in [-0.39, 0.29) is 11.6 Å². The number of hydrogen-bond donors (Lipinski definition) is 2. The normalized spacial score (nSPS) is 14.9. The van der Waals surface area contributed by atoms with Gasteiger partial charge in [0.2, 0.25) is 0 Å². The second-order valence-electron chi connectivity index (χ2n) is 5.71. The highest BCUT2D eigenvalue weighted by Gasteiger charge is 2.15. The van der Waals surface area contributed by atoms with Gasteiger partial charge in [-0.2, -0.15) is 0 Å². The van der Waals surface area contributed by atoms with Crippen molar-refractivity contribution in [1.82, 2.24) is 15.2 Å². The van der Waals surface area contributed by atoms with Crippen LogP contribution in [0.1, 0.15) is 10.4 Å². The molecule has 0 atom stereocenters. The molecule has 7 heteroatoms. The van der Waals surface area contributed by atoms with Gasteiger partial charge in [-0.1, -0.05) is 12.1 Å². The molecule has 0 aliphatic carbocycles. The van der Waals surface area contributed by atoms with Gasteiger partial charge in [-0.15, -0.1) is 0 Å². The van der Waals surface area contributed by atoms with E-state index in [2.05, 4.69) is 20.5 Å². The third kappa shape index (κ3) is 4.74. The van der Waals surface area contributed by atoms with Gasteiger partial charge in [0.15, 0.2) is 0 Å². The van der Waals surface area contributed by atoms with Crippen LogP contribution in [0.4, 0.5) is 15.9 Å². The molecular formula is C18H21FN4O2. The van der Waals surface area contributed by atoms with Crippen molar-refractivity contribution in [3.05, 3.63) is 54.0 Å². The van der Waals surface area contributed by atoms with Crippen LogP contribution in [-0.4, -0.2) is 55.2 Å². The zero-order valence-corrected chi connectivity index (χ0v) is 13.9. The Balaban J connectivity index is 1.61. The molecule has 3 rings (SSSR count). The third-order valence-electron chi connectivity index (χ3n) is 4.00. The number of para-hydroxylation sites is 1. The quantitative estimate of drug-likeness (QED) is 0.839. The maximum atomic E-state index is 13.8. The number of morpholine rings is 1. The van der Waals surface area contributed by atoms with Crippen LogP contribution < -0.4 is 10.6 Å². The number of carbonyl (C=O) groups excluding carboxylic acids is 1. The largest absolute Gasteiger partial charge is 0.379 e. The van der Waals surface area contributed by atoms with Crippen molar-refractivity contribution in [1.29, 1.82) is 0 Å². The number of aromatic nitrogens is 1. The van der Waals surface area contributed by atoms with Gasteiger partial charge in [-0.3, -0.25) is 9.69 Å². The maximum Gasteiger partial charge on any atom is 0.255 e. The number of carbonyl (C=O) groups is 1. The summed E-state index contributed by atoms with van der Waals surface area (Å²) in [6, 6.07) is 9.63. The first kappa shape index (κ1) is 17.3. The van der Waals surface area contributed by atoms with Crippen molar-refractivity contribution in [2.45, 2.75) is 0 Å². The van der Waals surface area contributed by atoms with Gasteiger partial charge in [-0.05, 0) is 24.3 Å². The maximum absolute atomic E-state index is 13.8. The Bertz CT molecular complexity index is 720. The van der Waals surface area contributed by atoms with E-state index in [9.17, 15) is 9.18 Å². The fourth-order valence-corrected chi connectivity index (χ4v) is 2.63. The molecule has 25 heavy (non-hydrogen) atoms. The van der Waals surface area contributed by atoms with E-state index in [1.165, 1.54) is 6.07 Å². The topological polar surface area (TPSA) is 66.5 Å². The predicted molar refractivity (Wildman–Crippen MR) is 93.5 cm³/mol.